The molecule has 1 aromatic rings. The zero-order chi connectivity index (χ0) is 22.5. The molecule has 9 heteroatoms. The Balaban J connectivity index is 2.23. The van der Waals surface area contributed by atoms with Crippen molar-refractivity contribution in [2.45, 2.75) is 52.7 Å². The number of carbonyl (C=O) groups is 2. The minimum absolute atomic E-state index is 0.258. The van der Waals surface area contributed by atoms with E-state index >= 15 is 0 Å². The van der Waals surface area contributed by atoms with Gasteiger partial charge in [0.2, 0.25) is 0 Å². The zero-order valence-corrected chi connectivity index (χ0v) is 18.6. The van der Waals surface area contributed by atoms with Crippen LogP contribution in [0, 0.1) is 0 Å². The van der Waals surface area contributed by atoms with Gasteiger partial charge in [0.1, 0.15) is 11.2 Å². The van der Waals surface area contributed by atoms with Gasteiger partial charge >= 0.3 is 12.2 Å². The maximum Gasteiger partial charge on any atom is 0.429 e. The predicted molar refractivity (Wildman–Crippen MR) is 114 cm³/mol. The van der Waals surface area contributed by atoms with Gasteiger partial charge in [-0.3, -0.25) is 0 Å². The number of hydrazine groups is 1. The van der Waals surface area contributed by atoms with Crippen molar-refractivity contribution < 1.29 is 24.3 Å². The number of hydrogen-bond donors (Lipinski definition) is 1. The van der Waals surface area contributed by atoms with Crippen LogP contribution in [0.15, 0.2) is 29.4 Å². The number of rotatable bonds is 2. The SMILES string of the molecule is CC(C)(C)OC(=O)N1CCN(c2ccc(C=NO)cc2)CCN1C(=O)OC(C)(C)C. The third kappa shape index (κ3) is 6.82. The molecule has 0 saturated carbocycles. The van der Waals surface area contributed by atoms with Crippen molar-refractivity contribution in [2.75, 3.05) is 31.1 Å². The summed E-state index contributed by atoms with van der Waals surface area (Å²) in [6, 6.07) is 7.46. The van der Waals surface area contributed by atoms with E-state index in [1.54, 1.807) is 41.5 Å². The van der Waals surface area contributed by atoms with Crippen LogP contribution in [0.1, 0.15) is 47.1 Å². The van der Waals surface area contributed by atoms with Gasteiger partial charge in [0.05, 0.1) is 19.3 Å². The first-order valence-corrected chi connectivity index (χ1v) is 9.93. The Morgan fingerprint density at radius 2 is 1.30 bits per heavy atom. The van der Waals surface area contributed by atoms with Crippen LogP contribution in [0.25, 0.3) is 0 Å². The van der Waals surface area contributed by atoms with Crippen molar-refractivity contribution in [3.63, 3.8) is 0 Å². The molecule has 1 saturated heterocycles. The molecule has 1 N–H and O–H groups in total. The van der Waals surface area contributed by atoms with Crippen molar-refractivity contribution in [1.29, 1.82) is 0 Å². The highest BCUT2D eigenvalue weighted by molar-refractivity contribution is 5.80. The molecule has 30 heavy (non-hydrogen) atoms. The number of anilines is 1. The molecule has 2 rings (SSSR count). The van der Waals surface area contributed by atoms with Crippen LogP contribution < -0.4 is 4.90 Å². The Bertz CT molecular complexity index is 727. The Labute approximate surface area is 177 Å². The van der Waals surface area contributed by atoms with Gasteiger partial charge in [0.15, 0.2) is 0 Å². The van der Waals surface area contributed by atoms with Crippen LogP contribution in [-0.2, 0) is 9.47 Å². The number of ether oxygens (including phenoxy) is 2. The van der Waals surface area contributed by atoms with Gasteiger partial charge < -0.3 is 19.6 Å². The number of nitrogens with zero attached hydrogens (tertiary/aromatic N) is 4. The Hall–Kier alpha value is -2.97. The Kier molecular flexibility index (Phi) is 7.17. The lowest BCUT2D eigenvalue weighted by atomic mass is 10.2. The van der Waals surface area contributed by atoms with E-state index in [9.17, 15) is 9.59 Å². The average molecular weight is 421 g/mol. The summed E-state index contributed by atoms with van der Waals surface area (Å²) in [4.78, 5) is 27.7. The first-order chi connectivity index (χ1) is 13.9. The molecular formula is C21H32N4O5. The summed E-state index contributed by atoms with van der Waals surface area (Å²) in [5.74, 6) is 0. The topological polar surface area (TPSA) is 94.9 Å². The number of hydrogen-bond acceptors (Lipinski definition) is 7. The monoisotopic (exact) mass is 420 g/mol. The number of carbonyl (C=O) groups excluding carboxylic acids is 2. The third-order valence-electron chi connectivity index (χ3n) is 4.13. The molecule has 0 aromatic heterocycles. The van der Waals surface area contributed by atoms with Gasteiger partial charge in [-0.25, -0.2) is 19.6 Å². The molecule has 1 aromatic carbocycles. The van der Waals surface area contributed by atoms with E-state index in [-0.39, 0.29) is 13.1 Å². The third-order valence-corrected chi connectivity index (χ3v) is 4.13. The maximum atomic E-state index is 12.8. The summed E-state index contributed by atoms with van der Waals surface area (Å²) < 4.78 is 11.0. The van der Waals surface area contributed by atoms with Gasteiger partial charge in [-0.2, -0.15) is 0 Å². The van der Waals surface area contributed by atoms with Gasteiger partial charge in [-0.15, -0.1) is 0 Å². The lowest BCUT2D eigenvalue weighted by Gasteiger charge is -2.35. The van der Waals surface area contributed by atoms with E-state index in [1.165, 1.54) is 16.2 Å². The van der Waals surface area contributed by atoms with Crippen LogP contribution >= 0.6 is 0 Å². The zero-order valence-electron chi connectivity index (χ0n) is 18.6. The number of amides is 2. The lowest BCUT2D eigenvalue weighted by Crippen LogP contribution is -2.53. The molecule has 0 atom stereocenters. The van der Waals surface area contributed by atoms with E-state index in [1.807, 2.05) is 24.3 Å². The molecule has 1 aliphatic rings. The van der Waals surface area contributed by atoms with Crippen LogP contribution in [0.2, 0.25) is 0 Å². The van der Waals surface area contributed by atoms with E-state index in [4.69, 9.17) is 14.7 Å². The Morgan fingerprint density at radius 3 is 1.67 bits per heavy atom. The van der Waals surface area contributed by atoms with E-state index in [0.717, 1.165) is 11.3 Å². The minimum atomic E-state index is -0.688. The maximum absolute atomic E-state index is 12.8. The highest BCUT2D eigenvalue weighted by Crippen LogP contribution is 2.21. The van der Waals surface area contributed by atoms with Crippen LogP contribution in [0.4, 0.5) is 15.3 Å². The van der Waals surface area contributed by atoms with Gasteiger partial charge in [-0.1, -0.05) is 17.3 Å². The molecule has 0 radical (unpaired) electrons. The highest BCUT2D eigenvalue weighted by Gasteiger charge is 2.35. The molecule has 1 fully saturated rings. The first kappa shape index (κ1) is 23.3. The summed E-state index contributed by atoms with van der Waals surface area (Å²) in [7, 11) is 0. The predicted octanol–water partition coefficient (Wildman–Crippen LogP) is 3.70. The fourth-order valence-corrected chi connectivity index (χ4v) is 2.89. The number of benzene rings is 1. The van der Waals surface area contributed by atoms with Crippen LogP contribution in [0.5, 0.6) is 0 Å². The molecule has 1 aliphatic heterocycles. The largest absolute Gasteiger partial charge is 0.442 e. The summed E-state index contributed by atoms with van der Waals surface area (Å²) in [6.07, 6.45) is 0.162. The second kappa shape index (κ2) is 9.23. The fraction of sp³-hybridized carbons (Fsp3) is 0.571. The summed E-state index contributed by atoms with van der Waals surface area (Å²) >= 11 is 0. The van der Waals surface area contributed by atoms with Crippen LogP contribution in [0.3, 0.4) is 0 Å². The van der Waals surface area contributed by atoms with E-state index in [2.05, 4.69) is 10.1 Å². The van der Waals surface area contributed by atoms with Crippen molar-refractivity contribution in [3.8, 4) is 0 Å². The van der Waals surface area contributed by atoms with E-state index in [0.29, 0.717) is 13.1 Å². The molecule has 9 nitrogen and oxygen atoms in total. The molecule has 1 heterocycles. The second-order valence-corrected chi connectivity index (χ2v) is 9.03. The van der Waals surface area contributed by atoms with Crippen molar-refractivity contribution in [2.24, 2.45) is 5.16 Å². The standard InChI is InChI=1S/C21H32N4O5/c1-20(2,3)29-18(26)24-13-11-23(17-9-7-16(8-10-17)15-22-28)12-14-25(24)19(27)30-21(4,5)6/h7-10,15,28H,11-14H2,1-6H3. The molecule has 166 valence electrons. The Morgan fingerprint density at radius 1 is 0.867 bits per heavy atom. The normalized spacial score (nSPS) is 15.9. The second-order valence-electron chi connectivity index (χ2n) is 9.03. The van der Waals surface area contributed by atoms with Crippen LogP contribution in [-0.4, -0.2) is 71.0 Å². The first-order valence-electron chi connectivity index (χ1n) is 9.93. The molecular weight excluding hydrogens is 388 g/mol. The van der Waals surface area contributed by atoms with Crippen molar-refractivity contribution >= 4 is 24.1 Å². The van der Waals surface area contributed by atoms with Gasteiger partial charge in [-0.05, 0) is 59.2 Å². The molecule has 0 unspecified atom stereocenters. The van der Waals surface area contributed by atoms with Crippen molar-refractivity contribution in [1.82, 2.24) is 10.0 Å². The minimum Gasteiger partial charge on any atom is -0.442 e. The molecule has 0 aliphatic carbocycles. The summed E-state index contributed by atoms with van der Waals surface area (Å²) in [6.45, 7) is 12.2. The summed E-state index contributed by atoms with van der Waals surface area (Å²) in [5, 5.41) is 14.3. The van der Waals surface area contributed by atoms with Gasteiger partial charge in [0, 0.05) is 18.8 Å². The summed E-state index contributed by atoms with van der Waals surface area (Å²) in [5.41, 5.74) is 0.321. The molecule has 0 spiro atoms. The van der Waals surface area contributed by atoms with Gasteiger partial charge in [0.25, 0.3) is 0 Å². The highest BCUT2D eigenvalue weighted by atomic mass is 16.6. The molecule has 2 amide bonds. The van der Waals surface area contributed by atoms with E-state index < -0.39 is 23.4 Å². The van der Waals surface area contributed by atoms with Crippen molar-refractivity contribution in [3.05, 3.63) is 29.8 Å². The average Bonchev–Trinajstić information content (AvgIpc) is 2.83. The number of oxime groups is 1. The molecule has 0 bridgehead atoms. The smallest absolute Gasteiger partial charge is 0.429 e. The lowest BCUT2D eigenvalue weighted by molar-refractivity contribution is -0.0572. The quantitative estimate of drug-likeness (QED) is 0.445. The fourth-order valence-electron chi connectivity index (χ4n) is 2.89.